The summed E-state index contributed by atoms with van der Waals surface area (Å²) >= 11 is 7.40. The first-order valence-corrected chi connectivity index (χ1v) is 7.77. The fourth-order valence-corrected chi connectivity index (χ4v) is 3.80. The Morgan fingerprint density at radius 2 is 2.38 bits per heavy atom. The van der Waals surface area contributed by atoms with Crippen LogP contribution >= 0.6 is 24.0 Å². The molecular weight excluding hydrogens is 236 g/mol. The van der Waals surface area contributed by atoms with Crippen molar-refractivity contribution >= 4 is 24.0 Å². The number of nitrogens with one attached hydrogen (secondary N) is 1. The number of aromatic amines is 1. The van der Waals surface area contributed by atoms with E-state index in [1.54, 1.807) is 0 Å². The molecule has 2 rings (SSSR count). The fourth-order valence-electron chi connectivity index (χ4n) is 2.66. The van der Waals surface area contributed by atoms with Crippen molar-refractivity contribution in [1.82, 2.24) is 9.55 Å². The lowest BCUT2D eigenvalue weighted by atomic mass is 9.94. The van der Waals surface area contributed by atoms with Crippen molar-refractivity contribution in [3.05, 3.63) is 16.7 Å². The number of imidazole rings is 1. The number of nitrogens with zero attached hydrogens (tertiary/aromatic N) is 1. The highest BCUT2D eigenvalue weighted by molar-refractivity contribution is 7.99. The summed E-state index contributed by atoms with van der Waals surface area (Å²) in [7, 11) is 0. The summed E-state index contributed by atoms with van der Waals surface area (Å²) in [6.45, 7) is 2.20. The Labute approximate surface area is 107 Å². The van der Waals surface area contributed by atoms with Crippen molar-refractivity contribution in [1.29, 1.82) is 0 Å². The second-order valence-electron chi connectivity index (χ2n) is 4.49. The smallest absolute Gasteiger partial charge is 0.177 e. The molecule has 2 atom stereocenters. The Balaban J connectivity index is 2.22. The molecule has 1 saturated carbocycles. The summed E-state index contributed by atoms with van der Waals surface area (Å²) in [5.74, 6) is 0. The van der Waals surface area contributed by atoms with Crippen molar-refractivity contribution in [2.75, 3.05) is 6.26 Å². The van der Waals surface area contributed by atoms with Crippen molar-refractivity contribution in [2.45, 2.75) is 50.3 Å². The van der Waals surface area contributed by atoms with Gasteiger partial charge in [-0.25, -0.2) is 0 Å². The first-order valence-electron chi connectivity index (χ1n) is 6.07. The molecule has 2 unspecified atom stereocenters. The molecule has 0 bridgehead atoms. The number of aromatic nitrogens is 2. The SMILES string of the molecule is CCc1c[nH]c(=S)n1C1CCCC(SC)C1. The molecule has 1 aliphatic carbocycles. The van der Waals surface area contributed by atoms with Gasteiger partial charge in [0.15, 0.2) is 4.77 Å². The molecule has 90 valence electrons. The molecule has 0 amide bonds. The summed E-state index contributed by atoms with van der Waals surface area (Å²) in [5.41, 5.74) is 1.36. The molecule has 16 heavy (non-hydrogen) atoms. The molecule has 1 N–H and O–H groups in total. The molecule has 0 radical (unpaired) electrons. The molecule has 1 aliphatic rings. The molecule has 1 fully saturated rings. The minimum atomic E-state index is 0.625. The minimum absolute atomic E-state index is 0.625. The Morgan fingerprint density at radius 3 is 3.06 bits per heavy atom. The van der Waals surface area contributed by atoms with Gasteiger partial charge in [0.1, 0.15) is 0 Å². The topological polar surface area (TPSA) is 20.7 Å². The monoisotopic (exact) mass is 256 g/mol. The van der Waals surface area contributed by atoms with Gasteiger partial charge in [0.05, 0.1) is 0 Å². The maximum absolute atomic E-state index is 5.40. The zero-order valence-corrected chi connectivity index (χ0v) is 11.7. The van der Waals surface area contributed by atoms with Crippen LogP contribution in [0.1, 0.15) is 44.3 Å². The van der Waals surface area contributed by atoms with Crippen LogP contribution in [0.15, 0.2) is 6.20 Å². The van der Waals surface area contributed by atoms with Gasteiger partial charge in [-0.05, 0) is 44.2 Å². The maximum atomic E-state index is 5.40. The van der Waals surface area contributed by atoms with Gasteiger partial charge in [-0.3, -0.25) is 0 Å². The number of rotatable bonds is 3. The van der Waals surface area contributed by atoms with Crippen LogP contribution in [0.5, 0.6) is 0 Å². The van der Waals surface area contributed by atoms with Gasteiger partial charge >= 0.3 is 0 Å². The number of hydrogen-bond donors (Lipinski definition) is 1. The van der Waals surface area contributed by atoms with Gasteiger partial charge in [-0.15, -0.1) is 0 Å². The average Bonchev–Trinajstić information content (AvgIpc) is 2.70. The van der Waals surface area contributed by atoms with Crippen LogP contribution in [0, 0.1) is 4.77 Å². The third kappa shape index (κ3) is 2.38. The quantitative estimate of drug-likeness (QED) is 0.826. The van der Waals surface area contributed by atoms with Crippen LogP contribution in [0.4, 0.5) is 0 Å². The molecular formula is C12H20N2S2. The number of H-pyrrole nitrogens is 1. The molecule has 0 spiro atoms. The van der Waals surface area contributed by atoms with E-state index in [-0.39, 0.29) is 0 Å². The summed E-state index contributed by atoms with van der Waals surface area (Å²) in [6.07, 6.45) is 10.6. The number of hydrogen-bond acceptors (Lipinski definition) is 2. The van der Waals surface area contributed by atoms with Crippen molar-refractivity contribution in [3.63, 3.8) is 0 Å². The van der Waals surface area contributed by atoms with E-state index in [4.69, 9.17) is 12.2 Å². The first kappa shape index (κ1) is 12.2. The van der Waals surface area contributed by atoms with Gasteiger partial charge in [0, 0.05) is 23.2 Å². The normalized spacial score (nSPS) is 25.9. The van der Waals surface area contributed by atoms with Gasteiger partial charge in [0.2, 0.25) is 0 Å². The molecule has 2 nitrogen and oxygen atoms in total. The Bertz CT molecular complexity index is 394. The highest BCUT2D eigenvalue weighted by Gasteiger charge is 2.24. The number of thioether (sulfide) groups is 1. The summed E-state index contributed by atoms with van der Waals surface area (Å²) in [6, 6.07) is 0.625. The predicted molar refractivity (Wildman–Crippen MR) is 73.8 cm³/mol. The van der Waals surface area contributed by atoms with E-state index >= 15 is 0 Å². The van der Waals surface area contributed by atoms with Crippen LogP contribution in [0.3, 0.4) is 0 Å². The fraction of sp³-hybridized carbons (Fsp3) is 0.750. The molecule has 0 aromatic carbocycles. The molecule has 0 aliphatic heterocycles. The second kappa shape index (κ2) is 5.41. The Morgan fingerprint density at radius 1 is 1.56 bits per heavy atom. The van der Waals surface area contributed by atoms with E-state index in [2.05, 4.69) is 28.9 Å². The number of aryl methyl sites for hydroxylation is 1. The lowest BCUT2D eigenvalue weighted by Crippen LogP contribution is -2.22. The van der Waals surface area contributed by atoms with Crippen molar-refractivity contribution < 1.29 is 0 Å². The van der Waals surface area contributed by atoms with E-state index in [0.717, 1.165) is 16.4 Å². The largest absolute Gasteiger partial charge is 0.337 e. The predicted octanol–water partition coefficient (Wildman–Crippen LogP) is 3.95. The van der Waals surface area contributed by atoms with Gasteiger partial charge < -0.3 is 9.55 Å². The van der Waals surface area contributed by atoms with Crippen LogP contribution in [-0.4, -0.2) is 21.1 Å². The van der Waals surface area contributed by atoms with Gasteiger partial charge in [-0.2, -0.15) is 11.8 Å². The van der Waals surface area contributed by atoms with E-state index in [1.807, 2.05) is 11.8 Å². The molecule has 1 aromatic heterocycles. The molecule has 1 aromatic rings. The average molecular weight is 256 g/mol. The summed E-state index contributed by atoms with van der Waals surface area (Å²) in [4.78, 5) is 3.19. The summed E-state index contributed by atoms with van der Waals surface area (Å²) in [5, 5.41) is 0.820. The Hall–Kier alpha value is -0.220. The minimum Gasteiger partial charge on any atom is -0.337 e. The van der Waals surface area contributed by atoms with E-state index in [1.165, 1.54) is 31.4 Å². The standard InChI is InChI=1S/C12H20N2S2/c1-3-9-8-13-12(15)14(9)10-5-4-6-11(7-10)16-2/h8,10-11H,3-7H2,1-2H3,(H,13,15). The second-order valence-corrected chi connectivity index (χ2v) is 6.01. The van der Waals surface area contributed by atoms with Crippen molar-refractivity contribution in [2.24, 2.45) is 0 Å². The lowest BCUT2D eigenvalue weighted by molar-refractivity contribution is 0.352. The third-order valence-electron chi connectivity index (χ3n) is 3.55. The van der Waals surface area contributed by atoms with E-state index in [0.29, 0.717) is 6.04 Å². The van der Waals surface area contributed by atoms with Crippen LogP contribution in [0.2, 0.25) is 0 Å². The zero-order valence-electron chi connectivity index (χ0n) is 10.0. The van der Waals surface area contributed by atoms with E-state index in [9.17, 15) is 0 Å². The Kier molecular flexibility index (Phi) is 4.14. The van der Waals surface area contributed by atoms with E-state index < -0.39 is 0 Å². The zero-order chi connectivity index (χ0) is 11.5. The highest BCUT2D eigenvalue weighted by Crippen LogP contribution is 2.34. The maximum Gasteiger partial charge on any atom is 0.177 e. The molecule has 4 heteroatoms. The van der Waals surface area contributed by atoms with Crippen molar-refractivity contribution in [3.8, 4) is 0 Å². The molecule has 1 heterocycles. The van der Waals surface area contributed by atoms with Gasteiger partial charge in [0.25, 0.3) is 0 Å². The third-order valence-corrected chi connectivity index (χ3v) is 4.96. The van der Waals surface area contributed by atoms with Crippen LogP contribution < -0.4 is 0 Å². The van der Waals surface area contributed by atoms with Crippen LogP contribution in [-0.2, 0) is 6.42 Å². The van der Waals surface area contributed by atoms with Crippen LogP contribution in [0.25, 0.3) is 0 Å². The van der Waals surface area contributed by atoms with Gasteiger partial charge in [-0.1, -0.05) is 13.3 Å². The molecule has 0 saturated heterocycles. The first-order chi connectivity index (χ1) is 7.76. The lowest BCUT2D eigenvalue weighted by Gasteiger charge is -2.30. The summed E-state index contributed by atoms with van der Waals surface area (Å²) < 4.78 is 3.26. The highest BCUT2D eigenvalue weighted by atomic mass is 32.2.